The summed E-state index contributed by atoms with van der Waals surface area (Å²) >= 11 is 1.54. The van der Waals surface area contributed by atoms with Gasteiger partial charge in [-0.15, -0.1) is 0 Å². The third kappa shape index (κ3) is 1.97. The molecule has 3 N–H and O–H groups in total. The Morgan fingerprint density at radius 1 is 1.35 bits per heavy atom. The number of nitrogens with zero attached hydrogens (tertiary/aromatic N) is 3. The van der Waals surface area contributed by atoms with Gasteiger partial charge in [0.25, 0.3) is 5.91 Å². The van der Waals surface area contributed by atoms with Gasteiger partial charge < -0.3 is 5.73 Å². The lowest BCUT2D eigenvalue weighted by molar-refractivity contribution is 0.0996. The van der Waals surface area contributed by atoms with Gasteiger partial charge in [0.2, 0.25) is 0 Å². The molecule has 0 aliphatic carbocycles. The summed E-state index contributed by atoms with van der Waals surface area (Å²) in [7, 11) is 0. The van der Waals surface area contributed by atoms with Crippen molar-refractivity contribution in [3.63, 3.8) is 0 Å². The van der Waals surface area contributed by atoms with E-state index < -0.39 is 5.91 Å². The van der Waals surface area contributed by atoms with Crippen molar-refractivity contribution in [2.45, 2.75) is 6.92 Å². The van der Waals surface area contributed by atoms with Crippen LogP contribution >= 0.6 is 11.3 Å². The van der Waals surface area contributed by atoms with E-state index in [4.69, 9.17) is 5.73 Å². The summed E-state index contributed by atoms with van der Waals surface area (Å²) in [6.07, 6.45) is 3.11. The number of aryl methyl sites for hydroxylation is 1. The Morgan fingerprint density at radius 2 is 2.20 bits per heavy atom. The molecule has 0 unspecified atom stereocenters. The Kier molecular flexibility index (Phi) is 3.03. The second kappa shape index (κ2) is 4.86. The molecule has 100 valence electrons. The highest BCUT2D eigenvalue weighted by molar-refractivity contribution is 7.08. The molecule has 0 atom stereocenters. The van der Waals surface area contributed by atoms with Gasteiger partial charge in [-0.05, 0) is 34.9 Å². The minimum atomic E-state index is -0.567. The molecule has 7 heteroatoms. The number of aromatic nitrogens is 4. The number of carbonyl (C=O) groups is 1. The molecule has 0 aliphatic rings. The van der Waals surface area contributed by atoms with Gasteiger partial charge in [0.15, 0.2) is 5.82 Å². The highest BCUT2D eigenvalue weighted by Gasteiger charge is 2.21. The first-order valence-corrected chi connectivity index (χ1v) is 6.81. The van der Waals surface area contributed by atoms with Gasteiger partial charge in [0, 0.05) is 17.3 Å². The Morgan fingerprint density at radius 3 is 2.80 bits per heavy atom. The molecule has 0 bridgehead atoms. The van der Waals surface area contributed by atoms with Gasteiger partial charge in [-0.3, -0.25) is 14.9 Å². The first kappa shape index (κ1) is 12.5. The summed E-state index contributed by atoms with van der Waals surface area (Å²) in [6.45, 7) is 1.90. The Balaban J connectivity index is 2.38. The van der Waals surface area contributed by atoms with Gasteiger partial charge >= 0.3 is 0 Å². The van der Waals surface area contributed by atoms with Crippen LogP contribution in [0.25, 0.3) is 22.5 Å². The highest BCUT2D eigenvalue weighted by atomic mass is 32.1. The van der Waals surface area contributed by atoms with Crippen molar-refractivity contribution >= 4 is 17.2 Å². The summed E-state index contributed by atoms with van der Waals surface area (Å²) < 4.78 is 0. The zero-order valence-corrected chi connectivity index (χ0v) is 11.4. The quantitative estimate of drug-likeness (QED) is 0.769. The molecule has 0 aromatic carbocycles. The first-order chi connectivity index (χ1) is 9.68. The second-order valence-electron chi connectivity index (χ2n) is 4.24. The lowest BCUT2D eigenvalue weighted by atomic mass is 9.96. The molecule has 0 saturated heterocycles. The number of rotatable bonds is 3. The minimum Gasteiger partial charge on any atom is -0.364 e. The molecule has 1 amide bonds. The van der Waals surface area contributed by atoms with Crippen LogP contribution in [0.3, 0.4) is 0 Å². The van der Waals surface area contributed by atoms with Gasteiger partial charge in [-0.1, -0.05) is 0 Å². The molecule has 3 rings (SSSR count). The molecule has 3 heterocycles. The Labute approximate surface area is 118 Å². The zero-order chi connectivity index (χ0) is 14.1. The van der Waals surface area contributed by atoms with Crippen LogP contribution in [-0.4, -0.2) is 26.1 Å². The largest absolute Gasteiger partial charge is 0.364 e. The van der Waals surface area contributed by atoms with E-state index in [1.165, 1.54) is 17.7 Å². The normalized spacial score (nSPS) is 10.7. The molecule has 3 aromatic rings. The van der Waals surface area contributed by atoms with Crippen LogP contribution in [0, 0.1) is 6.92 Å². The van der Waals surface area contributed by atoms with Crippen LogP contribution in [0.2, 0.25) is 0 Å². The van der Waals surface area contributed by atoms with Crippen molar-refractivity contribution in [2.75, 3.05) is 0 Å². The van der Waals surface area contributed by atoms with E-state index in [0.717, 1.165) is 16.7 Å². The molecule has 0 radical (unpaired) electrons. The van der Waals surface area contributed by atoms with Crippen LogP contribution in [-0.2, 0) is 0 Å². The van der Waals surface area contributed by atoms with Crippen LogP contribution in [0.5, 0.6) is 0 Å². The predicted molar refractivity (Wildman–Crippen MR) is 76.2 cm³/mol. The van der Waals surface area contributed by atoms with E-state index in [1.54, 1.807) is 6.20 Å². The van der Waals surface area contributed by atoms with Crippen LogP contribution < -0.4 is 5.73 Å². The SMILES string of the molecule is Cc1cnc(C(N)=O)c(-c2ccsc2)c1-c1nc[nH]n1. The molecule has 0 spiro atoms. The van der Waals surface area contributed by atoms with E-state index in [2.05, 4.69) is 20.2 Å². The number of carbonyl (C=O) groups excluding carboxylic acids is 1. The lowest BCUT2D eigenvalue weighted by Gasteiger charge is -2.11. The molecular weight excluding hydrogens is 274 g/mol. The smallest absolute Gasteiger partial charge is 0.267 e. The molecule has 20 heavy (non-hydrogen) atoms. The fourth-order valence-electron chi connectivity index (χ4n) is 2.10. The standard InChI is InChI=1S/C13H11N5OS/c1-7-4-15-11(12(14)19)10(8-2-3-20-5-8)9(7)13-16-6-17-18-13/h2-6H,1H3,(H2,14,19)(H,16,17,18). The lowest BCUT2D eigenvalue weighted by Crippen LogP contribution is -2.15. The van der Waals surface area contributed by atoms with E-state index >= 15 is 0 Å². The third-order valence-electron chi connectivity index (χ3n) is 2.95. The number of pyridine rings is 1. The van der Waals surface area contributed by atoms with Crippen molar-refractivity contribution in [3.05, 3.63) is 40.6 Å². The maximum absolute atomic E-state index is 11.7. The summed E-state index contributed by atoms with van der Waals surface area (Å²) in [4.78, 5) is 20.0. The molecule has 6 nitrogen and oxygen atoms in total. The van der Waals surface area contributed by atoms with Crippen molar-refractivity contribution < 1.29 is 4.79 Å². The zero-order valence-electron chi connectivity index (χ0n) is 10.6. The van der Waals surface area contributed by atoms with Gasteiger partial charge in [-0.25, -0.2) is 4.98 Å². The number of amides is 1. The Bertz CT molecular complexity index is 749. The number of thiophene rings is 1. The Hall–Kier alpha value is -2.54. The summed E-state index contributed by atoms with van der Waals surface area (Å²) in [5.41, 5.74) is 8.90. The molecular formula is C13H11N5OS. The third-order valence-corrected chi connectivity index (χ3v) is 3.63. The average molecular weight is 285 g/mol. The van der Waals surface area contributed by atoms with Crippen molar-refractivity contribution in [3.8, 4) is 22.5 Å². The molecule has 0 aliphatic heterocycles. The molecule has 0 fully saturated rings. The molecule has 0 saturated carbocycles. The maximum Gasteiger partial charge on any atom is 0.267 e. The topological polar surface area (TPSA) is 97.5 Å². The fraction of sp³-hybridized carbons (Fsp3) is 0.0769. The minimum absolute atomic E-state index is 0.230. The second-order valence-corrected chi connectivity index (χ2v) is 5.02. The number of H-pyrrole nitrogens is 1. The summed E-state index contributed by atoms with van der Waals surface area (Å²) in [5.74, 6) is -0.0448. The fourth-order valence-corrected chi connectivity index (χ4v) is 2.74. The first-order valence-electron chi connectivity index (χ1n) is 5.86. The van der Waals surface area contributed by atoms with Crippen molar-refractivity contribution in [1.82, 2.24) is 20.2 Å². The van der Waals surface area contributed by atoms with Crippen molar-refractivity contribution in [2.24, 2.45) is 5.73 Å². The number of nitrogens with one attached hydrogen (secondary N) is 1. The van der Waals surface area contributed by atoms with Crippen LogP contribution in [0.4, 0.5) is 0 Å². The van der Waals surface area contributed by atoms with Crippen molar-refractivity contribution in [1.29, 1.82) is 0 Å². The average Bonchev–Trinajstić information content (AvgIpc) is 3.11. The maximum atomic E-state index is 11.7. The van der Waals surface area contributed by atoms with E-state index in [1.807, 2.05) is 23.8 Å². The van der Waals surface area contributed by atoms with Gasteiger partial charge in [-0.2, -0.15) is 16.4 Å². The number of primary amides is 1. The van der Waals surface area contributed by atoms with Crippen LogP contribution in [0.15, 0.2) is 29.4 Å². The summed E-state index contributed by atoms with van der Waals surface area (Å²) in [6, 6.07) is 1.92. The van der Waals surface area contributed by atoms with E-state index in [-0.39, 0.29) is 5.69 Å². The van der Waals surface area contributed by atoms with Gasteiger partial charge in [0.1, 0.15) is 12.0 Å². The monoisotopic (exact) mass is 285 g/mol. The number of aromatic amines is 1. The summed E-state index contributed by atoms with van der Waals surface area (Å²) in [5, 5.41) is 10.7. The van der Waals surface area contributed by atoms with E-state index in [0.29, 0.717) is 11.4 Å². The number of nitrogens with two attached hydrogens (primary N) is 1. The van der Waals surface area contributed by atoms with Gasteiger partial charge in [0.05, 0.1) is 0 Å². The number of hydrogen-bond acceptors (Lipinski definition) is 5. The molecule has 3 aromatic heterocycles. The van der Waals surface area contributed by atoms with E-state index in [9.17, 15) is 4.79 Å². The predicted octanol–water partition coefficient (Wildman–Crippen LogP) is 2.00. The highest BCUT2D eigenvalue weighted by Crippen LogP contribution is 2.35. The van der Waals surface area contributed by atoms with Crippen LogP contribution in [0.1, 0.15) is 16.1 Å². The number of hydrogen-bond donors (Lipinski definition) is 2.